The van der Waals surface area contributed by atoms with Crippen LogP contribution in [0.1, 0.15) is 111 Å². The molecular weight excluding hydrogens is 438 g/mol. The van der Waals surface area contributed by atoms with E-state index in [-0.39, 0.29) is 22.6 Å². The van der Waals surface area contributed by atoms with Gasteiger partial charge in [-0.15, -0.1) is 0 Å². The average Bonchev–Trinajstić information content (AvgIpc) is 2.87. The molecule has 1 aromatic carbocycles. The molecule has 3 fully saturated rings. The fourth-order valence-electron chi connectivity index (χ4n) is 6.53. The summed E-state index contributed by atoms with van der Waals surface area (Å²) >= 11 is 0. The van der Waals surface area contributed by atoms with E-state index in [0.29, 0.717) is 25.9 Å². The Kier molecular flexibility index (Phi) is 8.34. The molecule has 2 saturated heterocycles. The summed E-state index contributed by atoms with van der Waals surface area (Å²) < 4.78 is 19.8. The Morgan fingerprint density at radius 2 is 1.57 bits per heavy atom. The highest BCUT2D eigenvalue weighted by Gasteiger charge is 2.59. The van der Waals surface area contributed by atoms with Crippen molar-refractivity contribution in [1.29, 1.82) is 0 Å². The Labute approximate surface area is 213 Å². The van der Waals surface area contributed by atoms with E-state index in [1.54, 1.807) is 0 Å². The molecular formula is C30H49NO4. The van der Waals surface area contributed by atoms with Crippen LogP contribution in [0, 0.1) is 5.41 Å². The topological polar surface area (TPSA) is 40.2 Å². The lowest BCUT2D eigenvalue weighted by Crippen LogP contribution is -2.69. The zero-order valence-corrected chi connectivity index (χ0v) is 23.1. The van der Waals surface area contributed by atoms with Gasteiger partial charge in [0.2, 0.25) is 0 Å². The normalized spacial score (nSPS) is 32.5. The van der Waals surface area contributed by atoms with Crippen LogP contribution in [0.2, 0.25) is 0 Å². The van der Waals surface area contributed by atoms with Gasteiger partial charge in [-0.1, -0.05) is 70.4 Å². The minimum absolute atomic E-state index is 0.0181. The van der Waals surface area contributed by atoms with E-state index in [1.165, 1.54) is 37.7 Å². The predicted octanol–water partition coefficient (Wildman–Crippen LogP) is 7.21. The highest BCUT2D eigenvalue weighted by atomic mass is 16.7. The molecule has 0 bridgehead atoms. The van der Waals surface area contributed by atoms with Crippen LogP contribution in [0.15, 0.2) is 30.3 Å². The molecule has 4 rings (SSSR count). The van der Waals surface area contributed by atoms with Crippen molar-refractivity contribution in [1.82, 2.24) is 5.06 Å². The van der Waals surface area contributed by atoms with Crippen molar-refractivity contribution in [3.8, 4) is 0 Å². The van der Waals surface area contributed by atoms with Crippen LogP contribution in [-0.2, 0) is 19.0 Å². The number of hydroxylamine groups is 2. The number of benzene rings is 1. The van der Waals surface area contributed by atoms with E-state index in [4.69, 9.17) is 19.0 Å². The van der Waals surface area contributed by atoms with Crippen LogP contribution in [0.5, 0.6) is 0 Å². The molecule has 1 saturated carbocycles. The number of piperidine rings is 1. The summed E-state index contributed by atoms with van der Waals surface area (Å²) in [5.74, 6) is -0.574. The Bertz CT molecular complexity index is 792. The molecule has 0 radical (unpaired) electrons. The van der Waals surface area contributed by atoms with Crippen LogP contribution in [0.4, 0.5) is 0 Å². The second kappa shape index (κ2) is 10.8. The molecule has 1 unspecified atom stereocenters. The van der Waals surface area contributed by atoms with Gasteiger partial charge in [-0.25, -0.2) is 0 Å². The summed E-state index contributed by atoms with van der Waals surface area (Å²) in [7, 11) is 0. The zero-order valence-electron chi connectivity index (χ0n) is 23.1. The van der Waals surface area contributed by atoms with Gasteiger partial charge in [0.25, 0.3) is 0 Å². The van der Waals surface area contributed by atoms with E-state index in [2.05, 4.69) is 76.9 Å². The highest BCUT2D eigenvalue weighted by molar-refractivity contribution is 5.17. The molecule has 2 aliphatic heterocycles. The first-order chi connectivity index (χ1) is 16.6. The maximum Gasteiger partial charge on any atom is 0.172 e. The van der Waals surface area contributed by atoms with Gasteiger partial charge in [0.15, 0.2) is 5.79 Å². The maximum absolute atomic E-state index is 6.77. The van der Waals surface area contributed by atoms with E-state index >= 15 is 0 Å². The molecule has 2 heterocycles. The van der Waals surface area contributed by atoms with Crippen molar-refractivity contribution in [2.24, 2.45) is 5.41 Å². The molecule has 0 N–H and O–H groups in total. The van der Waals surface area contributed by atoms with Crippen molar-refractivity contribution >= 4 is 0 Å². The number of hydrogen-bond donors (Lipinski definition) is 0. The Balaban J connectivity index is 1.45. The molecule has 1 aromatic rings. The minimum atomic E-state index is -0.574. The van der Waals surface area contributed by atoms with Gasteiger partial charge in [0.05, 0.1) is 31.5 Å². The first-order valence-electron chi connectivity index (χ1n) is 14.1. The van der Waals surface area contributed by atoms with Crippen molar-refractivity contribution in [2.45, 2.75) is 128 Å². The molecule has 3 aliphatic rings. The fourth-order valence-corrected chi connectivity index (χ4v) is 6.53. The van der Waals surface area contributed by atoms with Crippen LogP contribution in [0.25, 0.3) is 0 Å². The van der Waals surface area contributed by atoms with Gasteiger partial charge < -0.3 is 14.2 Å². The van der Waals surface area contributed by atoms with Gasteiger partial charge in [-0.3, -0.25) is 4.84 Å². The monoisotopic (exact) mass is 487 g/mol. The molecule has 1 spiro atoms. The molecule has 0 aromatic heterocycles. The lowest BCUT2D eigenvalue weighted by Gasteiger charge is -2.61. The molecule has 5 heteroatoms. The third-order valence-corrected chi connectivity index (χ3v) is 8.72. The van der Waals surface area contributed by atoms with E-state index < -0.39 is 5.79 Å². The summed E-state index contributed by atoms with van der Waals surface area (Å²) in [6, 6.07) is 10.5. The van der Waals surface area contributed by atoms with Crippen molar-refractivity contribution in [3.63, 3.8) is 0 Å². The molecule has 0 amide bonds. The van der Waals surface area contributed by atoms with Gasteiger partial charge >= 0.3 is 0 Å². The smallest absolute Gasteiger partial charge is 0.172 e. The summed E-state index contributed by atoms with van der Waals surface area (Å²) in [6.45, 7) is 15.6. The molecule has 198 valence electrons. The molecule has 1 aliphatic carbocycles. The molecule has 5 nitrogen and oxygen atoms in total. The number of ether oxygens (including phenoxy) is 3. The Morgan fingerprint density at radius 1 is 0.943 bits per heavy atom. The van der Waals surface area contributed by atoms with Gasteiger partial charge in [0, 0.05) is 23.8 Å². The first-order valence-corrected chi connectivity index (χ1v) is 14.1. The SMILES string of the molecule is CCC1(CC)CC2(CC(C)(C)N1OC(C)c1ccccc1)OCC(C)(COC1CCCCC1)CO2. The van der Waals surface area contributed by atoms with Crippen LogP contribution < -0.4 is 0 Å². The van der Waals surface area contributed by atoms with Gasteiger partial charge in [0.1, 0.15) is 6.10 Å². The lowest BCUT2D eigenvalue weighted by atomic mass is 9.72. The number of nitrogens with zero attached hydrogens (tertiary/aromatic N) is 1. The van der Waals surface area contributed by atoms with Crippen molar-refractivity contribution in [3.05, 3.63) is 35.9 Å². The number of hydrogen-bond acceptors (Lipinski definition) is 5. The minimum Gasteiger partial charge on any atom is -0.377 e. The predicted molar refractivity (Wildman–Crippen MR) is 140 cm³/mol. The third-order valence-electron chi connectivity index (χ3n) is 8.72. The number of rotatable bonds is 8. The van der Waals surface area contributed by atoms with Crippen LogP contribution in [0.3, 0.4) is 0 Å². The summed E-state index contributed by atoms with van der Waals surface area (Å²) in [4.78, 5) is 6.77. The Morgan fingerprint density at radius 3 is 2.17 bits per heavy atom. The van der Waals surface area contributed by atoms with Gasteiger partial charge in [-0.05, 0) is 52.0 Å². The average molecular weight is 488 g/mol. The summed E-state index contributed by atoms with van der Waals surface area (Å²) in [6.07, 6.45) is 10.3. The van der Waals surface area contributed by atoms with Crippen molar-refractivity contribution in [2.75, 3.05) is 19.8 Å². The standard InChI is InChI=1S/C30H49NO4/c1-7-29(8-2)20-30(19-27(4,5)31(29)35-24(3)25-15-11-9-12-16-25)33-22-28(6,23-34-30)21-32-26-17-13-10-14-18-26/h9,11-12,15-16,24,26H,7-8,10,13-14,17-23H2,1-6H3. The second-order valence-corrected chi connectivity index (χ2v) is 12.4. The maximum atomic E-state index is 6.77. The largest absolute Gasteiger partial charge is 0.377 e. The van der Waals surface area contributed by atoms with E-state index in [0.717, 1.165) is 25.7 Å². The summed E-state index contributed by atoms with van der Waals surface area (Å²) in [5.41, 5.74) is 0.712. The van der Waals surface area contributed by atoms with Crippen LogP contribution in [-0.4, -0.2) is 47.9 Å². The highest BCUT2D eigenvalue weighted by Crippen LogP contribution is 2.52. The zero-order chi connectivity index (χ0) is 25.2. The van der Waals surface area contributed by atoms with E-state index in [1.807, 2.05) is 0 Å². The molecule has 35 heavy (non-hydrogen) atoms. The Hall–Kier alpha value is -0.980. The van der Waals surface area contributed by atoms with Gasteiger partial charge in [-0.2, -0.15) is 5.06 Å². The van der Waals surface area contributed by atoms with Crippen LogP contribution >= 0.6 is 0 Å². The second-order valence-electron chi connectivity index (χ2n) is 12.4. The third kappa shape index (κ3) is 5.96. The fraction of sp³-hybridized carbons (Fsp3) is 0.800. The van der Waals surface area contributed by atoms with Crippen molar-refractivity contribution < 1.29 is 19.0 Å². The quantitative estimate of drug-likeness (QED) is 0.387. The summed E-state index contributed by atoms with van der Waals surface area (Å²) in [5, 5.41) is 2.30. The van der Waals surface area contributed by atoms with E-state index in [9.17, 15) is 0 Å². The molecule has 1 atom stereocenters. The lowest BCUT2D eigenvalue weighted by molar-refractivity contribution is -0.396. The first kappa shape index (κ1) is 27.1.